The minimum Gasteiger partial charge on any atom is -0.371 e. The molecule has 1 aliphatic heterocycles. The molecule has 1 aromatic carbocycles. The van der Waals surface area contributed by atoms with Crippen molar-refractivity contribution in [3.8, 4) is 0 Å². The third-order valence-electron chi connectivity index (χ3n) is 4.04. The van der Waals surface area contributed by atoms with E-state index in [0.29, 0.717) is 5.39 Å². The molecule has 2 heterocycles. The van der Waals surface area contributed by atoms with E-state index >= 15 is 0 Å². The van der Waals surface area contributed by atoms with Crippen LogP contribution in [0.3, 0.4) is 0 Å². The van der Waals surface area contributed by atoms with Gasteiger partial charge in [0, 0.05) is 48.5 Å². The largest absolute Gasteiger partial charge is 0.371 e. The Morgan fingerprint density at radius 3 is 2.67 bits per heavy atom. The molecule has 2 aromatic rings. The Hall–Kier alpha value is -2.50. The van der Waals surface area contributed by atoms with E-state index in [2.05, 4.69) is 9.88 Å². The minimum atomic E-state index is -0.370. The van der Waals surface area contributed by atoms with Crippen molar-refractivity contribution in [3.63, 3.8) is 0 Å². The summed E-state index contributed by atoms with van der Waals surface area (Å²) in [6, 6.07) is 5.00. The Morgan fingerprint density at radius 1 is 1.24 bits per heavy atom. The van der Waals surface area contributed by atoms with Gasteiger partial charge in [0.05, 0.1) is 10.3 Å². The lowest BCUT2D eigenvalue weighted by Crippen LogP contribution is -2.34. The molecule has 21 heavy (non-hydrogen) atoms. The maximum atomic E-state index is 11.1. The molecule has 6 heteroatoms. The SMILES string of the molecule is O=CC1CCN(c2ccc([N+](=O)[O-])c3ccncc23)CC1. The molecule has 1 fully saturated rings. The number of aldehydes is 1. The summed E-state index contributed by atoms with van der Waals surface area (Å²) in [5, 5.41) is 12.5. The van der Waals surface area contributed by atoms with Gasteiger partial charge < -0.3 is 9.69 Å². The van der Waals surface area contributed by atoms with Crippen LogP contribution in [0.5, 0.6) is 0 Å². The fraction of sp³-hybridized carbons (Fsp3) is 0.333. The smallest absolute Gasteiger partial charge is 0.277 e. The van der Waals surface area contributed by atoms with E-state index in [-0.39, 0.29) is 16.5 Å². The van der Waals surface area contributed by atoms with E-state index in [1.165, 1.54) is 0 Å². The third-order valence-corrected chi connectivity index (χ3v) is 4.04. The lowest BCUT2D eigenvalue weighted by Gasteiger charge is -2.32. The van der Waals surface area contributed by atoms with Gasteiger partial charge in [-0.05, 0) is 25.0 Å². The van der Waals surface area contributed by atoms with Gasteiger partial charge in [-0.2, -0.15) is 0 Å². The van der Waals surface area contributed by atoms with Crippen LogP contribution in [-0.2, 0) is 4.79 Å². The van der Waals surface area contributed by atoms with Crippen LogP contribution >= 0.6 is 0 Å². The zero-order chi connectivity index (χ0) is 14.8. The van der Waals surface area contributed by atoms with Crippen LogP contribution < -0.4 is 4.90 Å². The summed E-state index contributed by atoms with van der Waals surface area (Å²) in [4.78, 5) is 27.8. The predicted molar refractivity (Wildman–Crippen MR) is 79.4 cm³/mol. The molecule has 108 valence electrons. The highest BCUT2D eigenvalue weighted by Crippen LogP contribution is 2.34. The van der Waals surface area contributed by atoms with Crippen LogP contribution in [0, 0.1) is 16.0 Å². The van der Waals surface area contributed by atoms with E-state index < -0.39 is 0 Å². The Labute approximate surface area is 121 Å². The quantitative estimate of drug-likeness (QED) is 0.492. The zero-order valence-corrected chi connectivity index (χ0v) is 11.4. The Bertz CT molecular complexity index is 694. The van der Waals surface area contributed by atoms with Crippen LogP contribution in [0.2, 0.25) is 0 Å². The number of hydrogen-bond acceptors (Lipinski definition) is 5. The van der Waals surface area contributed by atoms with Gasteiger partial charge in [0.25, 0.3) is 5.69 Å². The molecule has 0 amide bonds. The molecule has 0 spiro atoms. The molecule has 0 N–H and O–H groups in total. The van der Waals surface area contributed by atoms with Crippen molar-refractivity contribution in [3.05, 3.63) is 40.7 Å². The third kappa shape index (κ3) is 2.44. The highest BCUT2D eigenvalue weighted by molar-refractivity contribution is 5.99. The minimum absolute atomic E-state index is 0.0962. The standard InChI is InChI=1S/C15H15N3O3/c19-10-11-4-7-17(8-5-11)14-1-2-15(18(20)21)12-3-6-16-9-13(12)14/h1-3,6,9-11H,4-5,7-8H2. The van der Waals surface area contributed by atoms with E-state index in [1.807, 2.05) is 0 Å². The number of hydrogen-bond donors (Lipinski definition) is 0. The van der Waals surface area contributed by atoms with Crippen LogP contribution in [0.1, 0.15) is 12.8 Å². The summed E-state index contributed by atoms with van der Waals surface area (Å²) in [6.07, 6.45) is 5.90. The first-order valence-corrected chi connectivity index (χ1v) is 6.92. The second-order valence-corrected chi connectivity index (χ2v) is 5.24. The van der Waals surface area contributed by atoms with Crippen molar-refractivity contribution in [1.29, 1.82) is 0 Å². The number of nitrogens with zero attached hydrogens (tertiary/aromatic N) is 3. The number of benzene rings is 1. The molecule has 1 aromatic heterocycles. The molecule has 0 unspecified atom stereocenters. The van der Waals surface area contributed by atoms with Gasteiger partial charge in [-0.3, -0.25) is 15.1 Å². The molecular weight excluding hydrogens is 270 g/mol. The number of pyridine rings is 1. The summed E-state index contributed by atoms with van der Waals surface area (Å²) in [6.45, 7) is 1.57. The number of carbonyl (C=O) groups is 1. The number of anilines is 1. The highest BCUT2D eigenvalue weighted by atomic mass is 16.6. The van der Waals surface area contributed by atoms with Crippen molar-refractivity contribution >= 4 is 28.4 Å². The van der Waals surface area contributed by atoms with Crippen LogP contribution in [0.15, 0.2) is 30.6 Å². The van der Waals surface area contributed by atoms with Gasteiger partial charge in [-0.15, -0.1) is 0 Å². The normalized spacial score (nSPS) is 16.1. The van der Waals surface area contributed by atoms with Crippen LogP contribution in [0.4, 0.5) is 11.4 Å². The second kappa shape index (κ2) is 5.47. The lowest BCUT2D eigenvalue weighted by molar-refractivity contribution is -0.383. The molecule has 6 nitrogen and oxygen atoms in total. The number of nitro benzene ring substituents is 1. The lowest BCUT2D eigenvalue weighted by atomic mass is 9.97. The maximum absolute atomic E-state index is 11.1. The molecule has 1 saturated heterocycles. The first-order valence-electron chi connectivity index (χ1n) is 6.92. The molecule has 0 bridgehead atoms. The zero-order valence-electron chi connectivity index (χ0n) is 11.4. The Kier molecular flexibility index (Phi) is 3.51. The van der Waals surface area contributed by atoms with Crippen molar-refractivity contribution in [2.45, 2.75) is 12.8 Å². The van der Waals surface area contributed by atoms with Crippen molar-refractivity contribution in [2.24, 2.45) is 5.92 Å². The van der Waals surface area contributed by atoms with Crippen LogP contribution in [0.25, 0.3) is 10.8 Å². The van der Waals surface area contributed by atoms with Gasteiger partial charge in [-0.25, -0.2) is 0 Å². The number of non-ortho nitro benzene ring substituents is 1. The number of fused-ring (bicyclic) bond motifs is 1. The topological polar surface area (TPSA) is 76.3 Å². The number of carbonyl (C=O) groups excluding carboxylic acids is 1. The summed E-state index contributed by atoms with van der Waals surface area (Å²) in [5.74, 6) is 0.128. The predicted octanol–water partition coefficient (Wildman–Crippen LogP) is 2.56. The van der Waals surface area contributed by atoms with Gasteiger partial charge >= 0.3 is 0 Å². The number of rotatable bonds is 3. The van der Waals surface area contributed by atoms with Crippen molar-refractivity contribution in [2.75, 3.05) is 18.0 Å². The Morgan fingerprint density at radius 2 is 2.00 bits per heavy atom. The van der Waals surface area contributed by atoms with Gasteiger partial charge in [0.15, 0.2) is 0 Å². The second-order valence-electron chi connectivity index (χ2n) is 5.24. The molecule has 0 atom stereocenters. The summed E-state index contributed by atoms with van der Waals surface area (Å²) in [7, 11) is 0. The maximum Gasteiger partial charge on any atom is 0.277 e. The average molecular weight is 285 g/mol. The fourth-order valence-electron chi connectivity index (χ4n) is 2.87. The summed E-state index contributed by atoms with van der Waals surface area (Å²) in [5.41, 5.74) is 1.05. The molecule has 0 aliphatic carbocycles. The monoisotopic (exact) mass is 285 g/mol. The average Bonchev–Trinajstić information content (AvgIpc) is 2.54. The highest BCUT2D eigenvalue weighted by Gasteiger charge is 2.22. The van der Waals surface area contributed by atoms with Crippen molar-refractivity contribution < 1.29 is 9.72 Å². The summed E-state index contributed by atoms with van der Waals surface area (Å²) >= 11 is 0. The van der Waals surface area contributed by atoms with Gasteiger partial charge in [0.2, 0.25) is 0 Å². The number of aromatic nitrogens is 1. The van der Waals surface area contributed by atoms with E-state index in [0.717, 1.165) is 43.3 Å². The Balaban J connectivity index is 2.02. The molecule has 3 rings (SSSR count). The molecule has 0 saturated carbocycles. The number of piperidine rings is 1. The van der Waals surface area contributed by atoms with E-state index in [9.17, 15) is 14.9 Å². The fourth-order valence-corrected chi connectivity index (χ4v) is 2.87. The first-order chi connectivity index (χ1) is 10.2. The molecule has 1 aliphatic rings. The van der Waals surface area contributed by atoms with E-state index in [1.54, 1.807) is 30.6 Å². The molecule has 0 radical (unpaired) electrons. The first kappa shape index (κ1) is 13.5. The number of nitro groups is 1. The van der Waals surface area contributed by atoms with E-state index in [4.69, 9.17) is 0 Å². The van der Waals surface area contributed by atoms with Crippen LogP contribution in [-0.4, -0.2) is 29.3 Å². The van der Waals surface area contributed by atoms with Crippen molar-refractivity contribution in [1.82, 2.24) is 4.98 Å². The molecular formula is C15H15N3O3. The van der Waals surface area contributed by atoms with Gasteiger partial charge in [-0.1, -0.05) is 0 Å². The summed E-state index contributed by atoms with van der Waals surface area (Å²) < 4.78 is 0. The van der Waals surface area contributed by atoms with Gasteiger partial charge in [0.1, 0.15) is 6.29 Å².